The van der Waals surface area contributed by atoms with Crippen LogP contribution in [0.3, 0.4) is 0 Å². The SMILES string of the molecule is C1=Cc2cc(CN3CCNCC3)ccc2OO1. The van der Waals surface area contributed by atoms with E-state index in [0.29, 0.717) is 0 Å². The van der Waals surface area contributed by atoms with Gasteiger partial charge >= 0.3 is 0 Å². The van der Waals surface area contributed by atoms with Crippen molar-refractivity contribution in [2.45, 2.75) is 6.54 Å². The highest BCUT2D eigenvalue weighted by atomic mass is 17.2. The predicted molar refractivity (Wildman–Crippen MR) is 65.3 cm³/mol. The minimum absolute atomic E-state index is 0.788. The molecule has 4 heteroatoms. The highest BCUT2D eigenvalue weighted by Crippen LogP contribution is 2.25. The van der Waals surface area contributed by atoms with Crippen molar-refractivity contribution in [3.63, 3.8) is 0 Å². The average Bonchev–Trinajstić information content (AvgIpc) is 2.40. The molecular weight excluding hydrogens is 216 g/mol. The standard InChI is InChI=1S/C13H16N2O2/c1-2-13-12(3-8-16-17-13)9-11(1)10-15-6-4-14-5-7-15/h1-3,8-9,14H,4-7,10H2. The van der Waals surface area contributed by atoms with E-state index in [1.54, 1.807) is 6.26 Å². The second-order valence-electron chi connectivity index (χ2n) is 4.38. The Morgan fingerprint density at radius 2 is 2.12 bits per heavy atom. The molecule has 0 amide bonds. The van der Waals surface area contributed by atoms with E-state index in [1.807, 2.05) is 12.1 Å². The van der Waals surface area contributed by atoms with E-state index >= 15 is 0 Å². The van der Waals surface area contributed by atoms with Crippen LogP contribution in [-0.2, 0) is 11.4 Å². The topological polar surface area (TPSA) is 33.7 Å². The summed E-state index contributed by atoms with van der Waals surface area (Å²) < 4.78 is 0. The van der Waals surface area contributed by atoms with E-state index in [2.05, 4.69) is 22.3 Å². The molecule has 1 fully saturated rings. The van der Waals surface area contributed by atoms with Crippen molar-refractivity contribution in [3.05, 3.63) is 35.6 Å². The van der Waals surface area contributed by atoms with Crippen LogP contribution in [-0.4, -0.2) is 31.1 Å². The lowest BCUT2D eigenvalue weighted by Gasteiger charge is -2.27. The van der Waals surface area contributed by atoms with Gasteiger partial charge < -0.3 is 5.32 Å². The third-order valence-corrected chi connectivity index (χ3v) is 3.13. The summed E-state index contributed by atoms with van der Waals surface area (Å²) in [5.74, 6) is 0.788. The summed E-state index contributed by atoms with van der Waals surface area (Å²) in [6.45, 7) is 5.41. The number of piperazine rings is 1. The van der Waals surface area contributed by atoms with Crippen LogP contribution in [0, 0.1) is 0 Å². The van der Waals surface area contributed by atoms with Gasteiger partial charge in [-0.3, -0.25) is 14.7 Å². The number of rotatable bonds is 2. The molecule has 1 saturated heterocycles. The Kier molecular flexibility index (Phi) is 2.98. The summed E-state index contributed by atoms with van der Waals surface area (Å²) in [4.78, 5) is 12.3. The van der Waals surface area contributed by atoms with Crippen LogP contribution < -0.4 is 10.2 Å². The molecule has 2 aliphatic rings. The number of nitrogens with zero attached hydrogens (tertiary/aromatic N) is 1. The van der Waals surface area contributed by atoms with Gasteiger partial charge in [0.15, 0.2) is 5.75 Å². The molecule has 3 rings (SSSR count). The van der Waals surface area contributed by atoms with E-state index in [4.69, 9.17) is 9.78 Å². The van der Waals surface area contributed by atoms with Crippen LogP contribution in [0.25, 0.3) is 6.08 Å². The number of hydrogen-bond acceptors (Lipinski definition) is 4. The fourth-order valence-corrected chi connectivity index (χ4v) is 2.21. The first kappa shape index (κ1) is 10.6. The van der Waals surface area contributed by atoms with Gasteiger partial charge in [0, 0.05) is 38.3 Å². The van der Waals surface area contributed by atoms with Crippen molar-refractivity contribution in [3.8, 4) is 5.75 Å². The van der Waals surface area contributed by atoms with Gasteiger partial charge in [-0.15, -0.1) is 0 Å². The van der Waals surface area contributed by atoms with Crippen LogP contribution in [0.5, 0.6) is 5.75 Å². The van der Waals surface area contributed by atoms with Crippen molar-refractivity contribution in [1.82, 2.24) is 10.2 Å². The van der Waals surface area contributed by atoms with E-state index < -0.39 is 0 Å². The molecule has 0 spiro atoms. The molecule has 0 bridgehead atoms. The first-order chi connectivity index (χ1) is 8.42. The quantitative estimate of drug-likeness (QED) is 0.781. The van der Waals surface area contributed by atoms with Crippen molar-refractivity contribution in [2.24, 2.45) is 0 Å². The molecule has 17 heavy (non-hydrogen) atoms. The van der Waals surface area contributed by atoms with Crippen molar-refractivity contribution in [2.75, 3.05) is 26.2 Å². The molecule has 1 aromatic carbocycles. The smallest absolute Gasteiger partial charge is 0.185 e. The lowest BCUT2D eigenvalue weighted by Crippen LogP contribution is -2.42. The van der Waals surface area contributed by atoms with Crippen molar-refractivity contribution in [1.29, 1.82) is 0 Å². The fourth-order valence-electron chi connectivity index (χ4n) is 2.21. The van der Waals surface area contributed by atoms with Gasteiger partial charge in [-0.05, 0) is 23.8 Å². The molecule has 1 N–H and O–H groups in total. The number of nitrogens with one attached hydrogen (secondary N) is 1. The van der Waals surface area contributed by atoms with Crippen molar-refractivity contribution >= 4 is 6.08 Å². The van der Waals surface area contributed by atoms with Crippen LogP contribution >= 0.6 is 0 Å². The maximum absolute atomic E-state index is 5.06. The fraction of sp³-hybridized carbons (Fsp3) is 0.385. The largest absolute Gasteiger partial charge is 0.314 e. The van der Waals surface area contributed by atoms with Gasteiger partial charge in [0.2, 0.25) is 0 Å². The molecule has 1 aromatic rings. The zero-order chi connectivity index (χ0) is 11.5. The number of hydrogen-bond donors (Lipinski definition) is 1. The average molecular weight is 232 g/mol. The maximum Gasteiger partial charge on any atom is 0.185 e. The Morgan fingerprint density at radius 1 is 1.24 bits per heavy atom. The van der Waals surface area contributed by atoms with E-state index in [-0.39, 0.29) is 0 Å². The van der Waals surface area contributed by atoms with Gasteiger partial charge in [0.1, 0.15) is 6.26 Å². The molecular formula is C13H16N2O2. The maximum atomic E-state index is 5.06. The summed E-state index contributed by atoms with van der Waals surface area (Å²) in [5.41, 5.74) is 2.41. The minimum Gasteiger partial charge on any atom is -0.314 e. The van der Waals surface area contributed by atoms with Gasteiger partial charge in [-0.25, -0.2) is 0 Å². The Hall–Kier alpha value is -1.52. The molecule has 4 nitrogen and oxygen atoms in total. The second kappa shape index (κ2) is 4.77. The Labute approximate surface area is 101 Å². The lowest BCUT2D eigenvalue weighted by molar-refractivity contribution is -0.151. The molecule has 0 unspecified atom stereocenters. The summed E-state index contributed by atoms with van der Waals surface area (Å²) in [7, 11) is 0. The Morgan fingerprint density at radius 3 is 3.00 bits per heavy atom. The minimum atomic E-state index is 0.788. The van der Waals surface area contributed by atoms with E-state index in [9.17, 15) is 0 Å². The second-order valence-corrected chi connectivity index (χ2v) is 4.38. The van der Waals surface area contributed by atoms with E-state index in [0.717, 1.165) is 44.0 Å². The molecule has 0 atom stereocenters. The molecule has 0 saturated carbocycles. The predicted octanol–water partition coefficient (Wildman–Crippen LogP) is 1.39. The van der Waals surface area contributed by atoms with Crippen LogP contribution in [0.15, 0.2) is 24.5 Å². The highest BCUT2D eigenvalue weighted by molar-refractivity contribution is 5.58. The molecule has 0 radical (unpaired) electrons. The first-order valence-corrected chi connectivity index (χ1v) is 5.98. The number of fused-ring (bicyclic) bond motifs is 1. The number of benzene rings is 1. The summed E-state index contributed by atoms with van der Waals surface area (Å²) in [6, 6.07) is 6.23. The summed E-state index contributed by atoms with van der Waals surface area (Å²) >= 11 is 0. The third kappa shape index (κ3) is 2.43. The molecule has 2 heterocycles. The van der Waals surface area contributed by atoms with Gasteiger partial charge in [-0.1, -0.05) is 6.07 Å². The molecule has 0 aliphatic carbocycles. The first-order valence-electron chi connectivity index (χ1n) is 5.98. The van der Waals surface area contributed by atoms with E-state index in [1.165, 1.54) is 5.56 Å². The Bertz CT molecular complexity index is 425. The normalized spacial score (nSPS) is 19.3. The zero-order valence-electron chi connectivity index (χ0n) is 9.69. The monoisotopic (exact) mass is 232 g/mol. The van der Waals surface area contributed by atoms with Gasteiger partial charge in [-0.2, -0.15) is 0 Å². The van der Waals surface area contributed by atoms with Crippen LogP contribution in [0.2, 0.25) is 0 Å². The van der Waals surface area contributed by atoms with Crippen LogP contribution in [0.1, 0.15) is 11.1 Å². The van der Waals surface area contributed by atoms with Crippen LogP contribution in [0.4, 0.5) is 0 Å². The summed E-state index contributed by atoms with van der Waals surface area (Å²) in [5, 5.41) is 3.36. The Balaban J connectivity index is 1.73. The van der Waals surface area contributed by atoms with Gasteiger partial charge in [0.05, 0.1) is 0 Å². The third-order valence-electron chi connectivity index (χ3n) is 3.13. The van der Waals surface area contributed by atoms with Crippen molar-refractivity contribution < 1.29 is 9.78 Å². The highest BCUT2D eigenvalue weighted by Gasteiger charge is 2.12. The zero-order valence-corrected chi connectivity index (χ0v) is 9.69. The van der Waals surface area contributed by atoms with Gasteiger partial charge in [0.25, 0.3) is 0 Å². The summed E-state index contributed by atoms with van der Waals surface area (Å²) in [6.07, 6.45) is 3.50. The molecule has 2 aliphatic heterocycles. The lowest BCUT2D eigenvalue weighted by atomic mass is 10.1. The molecule has 0 aromatic heterocycles. The molecule has 90 valence electrons.